The molecule has 2 aromatic carbocycles. The molecule has 0 saturated heterocycles. The van der Waals surface area contributed by atoms with Gasteiger partial charge in [0.1, 0.15) is 5.75 Å². The van der Waals surface area contributed by atoms with Crippen molar-refractivity contribution in [2.75, 3.05) is 11.8 Å². The fourth-order valence-electron chi connectivity index (χ4n) is 1.92. The Morgan fingerprint density at radius 1 is 1.10 bits per heavy atom. The van der Waals surface area contributed by atoms with Crippen LogP contribution in [0.1, 0.15) is 11.1 Å². The van der Waals surface area contributed by atoms with E-state index in [1.807, 2.05) is 19.1 Å². The van der Waals surface area contributed by atoms with E-state index in [0.29, 0.717) is 15.9 Å². The van der Waals surface area contributed by atoms with E-state index in [-0.39, 0.29) is 4.90 Å². The quantitative estimate of drug-likeness (QED) is 0.889. The predicted octanol–water partition coefficient (Wildman–Crippen LogP) is 3.88. The predicted molar refractivity (Wildman–Crippen MR) is 87.4 cm³/mol. The SMILES string of the molecule is COc1ccc(S(=O)(=O)Nc2ccc(C)cc2Br)cc1C. The Balaban J connectivity index is 2.36. The van der Waals surface area contributed by atoms with Gasteiger partial charge in [-0.25, -0.2) is 8.42 Å². The second-order valence-electron chi connectivity index (χ2n) is 4.72. The lowest BCUT2D eigenvalue weighted by molar-refractivity contribution is 0.411. The van der Waals surface area contributed by atoms with E-state index in [9.17, 15) is 8.42 Å². The molecule has 0 aromatic heterocycles. The van der Waals surface area contributed by atoms with Gasteiger partial charge in [0.05, 0.1) is 17.7 Å². The van der Waals surface area contributed by atoms with Crippen molar-refractivity contribution in [1.29, 1.82) is 0 Å². The molecule has 0 saturated carbocycles. The summed E-state index contributed by atoms with van der Waals surface area (Å²) in [6.07, 6.45) is 0. The highest BCUT2D eigenvalue weighted by Gasteiger charge is 2.16. The van der Waals surface area contributed by atoms with Gasteiger partial charge in [0.25, 0.3) is 10.0 Å². The molecule has 0 heterocycles. The highest BCUT2D eigenvalue weighted by Crippen LogP contribution is 2.27. The van der Waals surface area contributed by atoms with Crippen molar-refractivity contribution >= 4 is 31.6 Å². The number of benzene rings is 2. The van der Waals surface area contributed by atoms with Crippen molar-refractivity contribution in [3.8, 4) is 5.75 Å². The summed E-state index contributed by atoms with van der Waals surface area (Å²) in [5, 5.41) is 0. The molecule has 21 heavy (non-hydrogen) atoms. The Hall–Kier alpha value is -1.53. The highest BCUT2D eigenvalue weighted by molar-refractivity contribution is 9.10. The topological polar surface area (TPSA) is 55.4 Å². The largest absolute Gasteiger partial charge is 0.496 e. The third-order valence-electron chi connectivity index (χ3n) is 3.05. The molecule has 1 N–H and O–H groups in total. The lowest BCUT2D eigenvalue weighted by Gasteiger charge is -2.12. The van der Waals surface area contributed by atoms with E-state index in [4.69, 9.17) is 4.74 Å². The number of nitrogens with one attached hydrogen (secondary N) is 1. The van der Waals surface area contributed by atoms with E-state index >= 15 is 0 Å². The van der Waals surface area contributed by atoms with E-state index in [1.165, 1.54) is 6.07 Å². The summed E-state index contributed by atoms with van der Waals surface area (Å²) in [4.78, 5) is 0.202. The number of ether oxygens (including phenoxy) is 1. The molecule has 6 heteroatoms. The second-order valence-corrected chi connectivity index (χ2v) is 7.26. The van der Waals surface area contributed by atoms with Crippen molar-refractivity contribution in [1.82, 2.24) is 0 Å². The lowest BCUT2D eigenvalue weighted by Crippen LogP contribution is -2.13. The minimum Gasteiger partial charge on any atom is -0.496 e. The molecule has 0 aliphatic heterocycles. The number of sulfonamides is 1. The van der Waals surface area contributed by atoms with E-state index < -0.39 is 10.0 Å². The average Bonchev–Trinajstić information content (AvgIpc) is 2.42. The first-order valence-electron chi connectivity index (χ1n) is 6.27. The van der Waals surface area contributed by atoms with Crippen LogP contribution in [0.5, 0.6) is 5.75 Å². The lowest BCUT2D eigenvalue weighted by atomic mass is 10.2. The number of aryl methyl sites for hydroxylation is 2. The number of anilines is 1. The van der Waals surface area contributed by atoms with Gasteiger partial charge in [-0.3, -0.25) is 4.72 Å². The Kier molecular flexibility index (Phi) is 4.58. The van der Waals surface area contributed by atoms with Crippen LogP contribution in [-0.2, 0) is 10.0 Å². The van der Waals surface area contributed by atoms with Gasteiger partial charge in [-0.15, -0.1) is 0 Å². The van der Waals surface area contributed by atoms with Crippen LogP contribution in [-0.4, -0.2) is 15.5 Å². The summed E-state index contributed by atoms with van der Waals surface area (Å²) in [6, 6.07) is 10.2. The third-order valence-corrected chi connectivity index (χ3v) is 5.06. The minimum atomic E-state index is -3.63. The molecule has 0 unspecified atom stereocenters. The summed E-state index contributed by atoms with van der Waals surface area (Å²) in [6.45, 7) is 3.75. The number of hydrogen-bond acceptors (Lipinski definition) is 3. The number of rotatable bonds is 4. The van der Waals surface area contributed by atoms with Crippen LogP contribution in [0.3, 0.4) is 0 Å². The maximum Gasteiger partial charge on any atom is 0.261 e. The van der Waals surface area contributed by atoms with Gasteiger partial charge in [-0.05, 0) is 71.2 Å². The van der Waals surface area contributed by atoms with Crippen molar-refractivity contribution < 1.29 is 13.2 Å². The van der Waals surface area contributed by atoms with E-state index in [0.717, 1.165) is 11.1 Å². The molecule has 2 aromatic rings. The molecule has 0 aliphatic rings. The van der Waals surface area contributed by atoms with Gasteiger partial charge in [0.2, 0.25) is 0 Å². The molecular formula is C15H16BrNO3S. The van der Waals surface area contributed by atoms with Crippen LogP contribution < -0.4 is 9.46 Å². The minimum absolute atomic E-state index is 0.202. The zero-order chi connectivity index (χ0) is 15.6. The Morgan fingerprint density at radius 3 is 2.38 bits per heavy atom. The van der Waals surface area contributed by atoms with Gasteiger partial charge >= 0.3 is 0 Å². The first kappa shape index (κ1) is 15.9. The molecule has 0 atom stereocenters. The van der Waals surface area contributed by atoms with E-state index in [2.05, 4.69) is 20.7 Å². The Bertz CT molecular complexity index is 772. The number of hydrogen-bond donors (Lipinski definition) is 1. The normalized spacial score (nSPS) is 11.2. The van der Waals surface area contributed by atoms with Crippen molar-refractivity contribution in [2.45, 2.75) is 18.7 Å². The summed E-state index contributed by atoms with van der Waals surface area (Å²) in [5.74, 6) is 0.658. The smallest absolute Gasteiger partial charge is 0.261 e. The average molecular weight is 370 g/mol. The zero-order valence-electron chi connectivity index (χ0n) is 12.0. The second kappa shape index (κ2) is 6.07. The Labute approximate surface area is 133 Å². The van der Waals surface area contributed by atoms with Gasteiger partial charge in [0.15, 0.2) is 0 Å². The fourth-order valence-corrected chi connectivity index (χ4v) is 3.81. The van der Waals surface area contributed by atoms with E-state index in [1.54, 1.807) is 32.2 Å². The summed E-state index contributed by atoms with van der Waals surface area (Å²) in [5.41, 5.74) is 2.32. The van der Waals surface area contributed by atoms with Gasteiger partial charge in [-0.2, -0.15) is 0 Å². The molecule has 112 valence electrons. The van der Waals surface area contributed by atoms with Crippen molar-refractivity contribution in [3.63, 3.8) is 0 Å². The molecule has 0 bridgehead atoms. The molecule has 0 aliphatic carbocycles. The van der Waals surface area contributed by atoms with Gasteiger partial charge in [-0.1, -0.05) is 6.07 Å². The van der Waals surface area contributed by atoms with Crippen LogP contribution in [0.15, 0.2) is 45.8 Å². The number of methoxy groups -OCH3 is 1. The standard InChI is InChI=1S/C15H16BrNO3S/c1-10-4-6-14(13(16)8-10)17-21(18,19)12-5-7-15(20-3)11(2)9-12/h4-9,17H,1-3H3. The summed E-state index contributed by atoms with van der Waals surface area (Å²) < 4.78 is 33.3. The first-order valence-corrected chi connectivity index (χ1v) is 8.55. The molecular weight excluding hydrogens is 354 g/mol. The molecule has 0 amide bonds. The van der Waals surface area contributed by atoms with Crippen LogP contribution in [0.2, 0.25) is 0 Å². The maximum atomic E-state index is 12.4. The van der Waals surface area contributed by atoms with Crippen LogP contribution in [0.25, 0.3) is 0 Å². The molecule has 2 rings (SSSR count). The maximum absolute atomic E-state index is 12.4. The van der Waals surface area contributed by atoms with Crippen LogP contribution in [0.4, 0.5) is 5.69 Å². The summed E-state index contributed by atoms with van der Waals surface area (Å²) in [7, 11) is -2.08. The fraction of sp³-hybridized carbons (Fsp3) is 0.200. The molecule has 0 radical (unpaired) electrons. The summed E-state index contributed by atoms with van der Waals surface area (Å²) >= 11 is 3.36. The van der Waals surface area contributed by atoms with Gasteiger partial charge in [0, 0.05) is 4.47 Å². The number of halogens is 1. The van der Waals surface area contributed by atoms with Gasteiger partial charge < -0.3 is 4.74 Å². The molecule has 0 spiro atoms. The third kappa shape index (κ3) is 3.57. The monoisotopic (exact) mass is 369 g/mol. The zero-order valence-corrected chi connectivity index (χ0v) is 14.4. The first-order chi connectivity index (χ1) is 9.83. The molecule has 4 nitrogen and oxygen atoms in total. The van der Waals surface area contributed by atoms with Crippen molar-refractivity contribution in [2.24, 2.45) is 0 Å². The Morgan fingerprint density at radius 2 is 1.81 bits per heavy atom. The van der Waals surface area contributed by atoms with Crippen LogP contribution in [0, 0.1) is 13.8 Å². The van der Waals surface area contributed by atoms with Crippen LogP contribution >= 0.6 is 15.9 Å². The molecule has 0 fully saturated rings. The highest BCUT2D eigenvalue weighted by atomic mass is 79.9. The van der Waals surface area contributed by atoms with Crippen molar-refractivity contribution in [3.05, 3.63) is 52.0 Å².